The molecule has 3 aromatic rings. The molecule has 0 aliphatic carbocycles. The van der Waals surface area contributed by atoms with Gasteiger partial charge in [-0.2, -0.15) is 0 Å². The van der Waals surface area contributed by atoms with Gasteiger partial charge in [0.05, 0.1) is 18.8 Å². The van der Waals surface area contributed by atoms with Gasteiger partial charge in [-0.1, -0.05) is 18.2 Å². The Labute approximate surface area is 158 Å². The highest BCUT2D eigenvalue weighted by Crippen LogP contribution is 2.14. The van der Waals surface area contributed by atoms with E-state index in [-0.39, 0.29) is 11.7 Å². The van der Waals surface area contributed by atoms with Gasteiger partial charge in [0, 0.05) is 23.9 Å². The number of ketones is 1. The molecule has 3 rings (SSSR count). The van der Waals surface area contributed by atoms with Crippen molar-refractivity contribution in [2.24, 2.45) is 0 Å². The van der Waals surface area contributed by atoms with Crippen molar-refractivity contribution in [2.75, 3.05) is 6.61 Å². The van der Waals surface area contributed by atoms with Crippen LogP contribution in [0.3, 0.4) is 0 Å². The third-order valence-electron chi connectivity index (χ3n) is 4.27. The number of aryl methyl sites for hydroxylation is 1. The first kappa shape index (κ1) is 18.6. The Hall–Kier alpha value is -3.15. The average molecular weight is 365 g/mol. The van der Waals surface area contributed by atoms with Crippen LogP contribution in [-0.2, 0) is 11.3 Å². The molecule has 0 radical (unpaired) electrons. The molecular weight excluding hydrogens is 342 g/mol. The number of rotatable bonds is 8. The summed E-state index contributed by atoms with van der Waals surface area (Å²) in [7, 11) is 0. The molecule has 0 unspecified atom stereocenters. The molecule has 0 saturated carbocycles. The van der Waals surface area contributed by atoms with Crippen LogP contribution in [0.2, 0.25) is 0 Å². The molecule has 0 spiro atoms. The molecule has 1 N–H and O–H groups in total. The van der Waals surface area contributed by atoms with Gasteiger partial charge in [0.2, 0.25) is 5.91 Å². The maximum Gasteiger partial charge on any atom is 0.220 e. The van der Waals surface area contributed by atoms with E-state index in [2.05, 4.69) is 10.3 Å². The lowest BCUT2D eigenvalue weighted by molar-refractivity contribution is -0.121. The van der Waals surface area contributed by atoms with Crippen molar-refractivity contribution in [3.63, 3.8) is 0 Å². The Morgan fingerprint density at radius 3 is 2.78 bits per heavy atom. The number of nitrogens with zero attached hydrogens (tertiary/aromatic N) is 2. The lowest BCUT2D eigenvalue weighted by Gasteiger charge is -2.07. The smallest absolute Gasteiger partial charge is 0.220 e. The normalized spacial score (nSPS) is 10.7. The molecule has 0 fully saturated rings. The highest BCUT2D eigenvalue weighted by molar-refractivity contribution is 5.94. The summed E-state index contributed by atoms with van der Waals surface area (Å²) in [5.41, 5.74) is 3.42. The van der Waals surface area contributed by atoms with Crippen molar-refractivity contribution in [3.05, 3.63) is 65.6 Å². The number of benzene rings is 1. The minimum Gasteiger partial charge on any atom is -0.494 e. The number of carbonyl (C=O) groups is 2. The Bertz CT molecular complexity index is 962. The molecular formula is C21H23N3O3. The van der Waals surface area contributed by atoms with E-state index < -0.39 is 0 Å². The fourth-order valence-corrected chi connectivity index (χ4v) is 2.79. The monoisotopic (exact) mass is 365 g/mol. The maximum atomic E-state index is 12.0. The largest absolute Gasteiger partial charge is 0.494 e. The highest BCUT2D eigenvalue weighted by atomic mass is 16.5. The van der Waals surface area contributed by atoms with Gasteiger partial charge in [-0.05, 0) is 44.5 Å². The van der Waals surface area contributed by atoms with Gasteiger partial charge in [0.25, 0.3) is 0 Å². The molecule has 0 atom stereocenters. The van der Waals surface area contributed by atoms with Gasteiger partial charge < -0.3 is 14.5 Å². The van der Waals surface area contributed by atoms with Crippen LogP contribution in [0.25, 0.3) is 5.65 Å². The molecule has 2 heterocycles. The minimum atomic E-state index is -0.0372. The molecule has 140 valence electrons. The lowest BCUT2D eigenvalue weighted by atomic mass is 10.1. The molecule has 0 aliphatic rings. The van der Waals surface area contributed by atoms with Gasteiger partial charge >= 0.3 is 0 Å². The number of aromatic nitrogens is 2. The SMILES string of the molecule is CC(=O)c1cccc(OCCCC(=O)NCc2cn3c(C)cccc3n2)c1. The summed E-state index contributed by atoms with van der Waals surface area (Å²) in [5, 5.41) is 2.89. The second-order valence-corrected chi connectivity index (χ2v) is 6.44. The standard InChI is InChI=1S/C21H23N3O3/c1-15-6-3-9-20-23-18(14-24(15)20)13-22-21(26)10-5-11-27-19-8-4-7-17(12-19)16(2)25/h3-4,6-9,12,14H,5,10-11,13H2,1-2H3,(H,22,26). The molecule has 0 saturated heterocycles. The predicted octanol–water partition coefficient (Wildman–Crippen LogP) is 3.32. The lowest BCUT2D eigenvalue weighted by Crippen LogP contribution is -2.23. The van der Waals surface area contributed by atoms with Crippen molar-refractivity contribution in [1.29, 1.82) is 0 Å². The number of Topliss-reactive ketones (excluding diaryl/α,β-unsaturated/α-hetero) is 1. The van der Waals surface area contributed by atoms with Crippen molar-refractivity contribution in [2.45, 2.75) is 33.2 Å². The third-order valence-corrected chi connectivity index (χ3v) is 4.27. The van der Waals surface area contributed by atoms with Crippen LogP contribution < -0.4 is 10.1 Å². The quantitative estimate of drug-likeness (QED) is 0.491. The number of pyridine rings is 1. The van der Waals surface area contributed by atoms with Gasteiger partial charge in [-0.15, -0.1) is 0 Å². The minimum absolute atomic E-state index is 0.00182. The molecule has 0 bridgehead atoms. The van der Waals surface area contributed by atoms with E-state index in [0.717, 1.165) is 17.0 Å². The zero-order chi connectivity index (χ0) is 19.2. The first-order valence-electron chi connectivity index (χ1n) is 8.97. The van der Waals surface area contributed by atoms with E-state index in [1.165, 1.54) is 6.92 Å². The van der Waals surface area contributed by atoms with E-state index in [1.807, 2.05) is 35.7 Å². The van der Waals surface area contributed by atoms with Crippen LogP contribution in [0.15, 0.2) is 48.7 Å². The van der Waals surface area contributed by atoms with Crippen molar-refractivity contribution >= 4 is 17.3 Å². The van der Waals surface area contributed by atoms with Gasteiger partial charge in [-0.3, -0.25) is 9.59 Å². The Morgan fingerprint density at radius 2 is 2.00 bits per heavy atom. The molecule has 1 amide bonds. The highest BCUT2D eigenvalue weighted by Gasteiger charge is 2.06. The van der Waals surface area contributed by atoms with E-state index in [9.17, 15) is 9.59 Å². The molecule has 0 aliphatic heterocycles. The predicted molar refractivity (Wildman–Crippen MR) is 103 cm³/mol. The third kappa shape index (κ3) is 4.94. The van der Waals surface area contributed by atoms with Crippen molar-refractivity contribution < 1.29 is 14.3 Å². The van der Waals surface area contributed by atoms with E-state index in [4.69, 9.17) is 4.74 Å². The van der Waals surface area contributed by atoms with Crippen LogP contribution in [0.1, 0.15) is 41.5 Å². The fraction of sp³-hybridized carbons (Fsp3) is 0.286. The zero-order valence-corrected chi connectivity index (χ0v) is 15.6. The number of nitrogens with one attached hydrogen (secondary N) is 1. The molecule has 2 aromatic heterocycles. The van der Waals surface area contributed by atoms with Crippen molar-refractivity contribution in [3.8, 4) is 5.75 Å². The Balaban J connectivity index is 1.41. The number of fused-ring (bicyclic) bond motifs is 1. The number of carbonyl (C=O) groups excluding carboxylic acids is 2. The second-order valence-electron chi connectivity index (χ2n) is 6.44. The summed E-state index contributed by atoms with van der Waals surface area (Å²) in [6.07, 6.45) is 2.91. The fourth-order valence-electron chi connectivity index (χ4n) is 2.79. The summed E-state index contributed by atoms with van der Waals surface area (Å²) >= 11 is 0. The molecule has 6 nitrogen and oxygen atoms in total. The number of imidazole rings is 1. The number of amides is 1. The number of hydrogen-bond acceptors (Lipinski definition) is 4. The summed E-state index contributed by atoms with van der Waals surface area (Å²) in [6.45, 7) is 4.36. The Kier molecular flexibility index (Phi) is 5.86. The van der Waals surface area contributed by atoms with E-state index in [0.29, 0.717) is 37.3 Å². The molecule has 1 aromatic carbocycles. The van der Waals surface area contributed by atoms with Gasteiger partial charge in [0.15, 0.2) is 5.78 Å². The summed E-state index contributed by atoms with van der Waals surface area (Å²) in [4.78, 5) is 27.9. The topological polar surface area (TPSA) is 72.7 Å². The van der Waals surface area contributed by atoms with Crippen LogP contribution in [0.5, 0.6) is 5.75 Å². The summed E-state index contributed by atoms with van der Waals surface area (Å²) in [6, 6.07) is 13.0. The summed E-state index contributed by atoms with van der Waals surface area (Å²) < 4.78 is 7.62. The summed E-state index contributed by atoms with van der Waals surface area (Å²) in [5.74, 6) is 0.606. The average Bonchev–Trinajstić information content (AvgIpc) is 3.08. The first-order valence-corrected chi connectivity index (χ1v) is 8.97. The first-order chi connectivity index (χ1) is 13.0. The van der Waals surface area contributed by atoms with Crippen LogP contribution in [0, 0.1) is 6.92 Å². The van der Waals surface area contributed by atoms with Gasteiger partial charge in [0.1, 0.15) is 11.4 Å². The van der Waals surface area contributed by atoms with Crippen LogP contribution >= 0.6 is 0 Å². The van der Waals surface area contributed by atoms with Crippen molar-refractivity contribution in [1.82, 2.24) is 14.7 Å². The zero-order valence-electron chi connectivity index (χ0n) is 15.6. The van der Waals surface area contributed by atoms with E-state index >= 15 is 0 Å². The van der Waals surface area contributed by atoms with Gasteiger partial charge in [-0.25, -0.2) is 4.98 Å². The Morgan fingerprint density at radius 1 is 1.19 bits per heavy atom. The number of hydrogen-bond donors (Lipinski definition) is 1. The van der Waals surface area contributed by atoms with Crippen LogP contribution in [0.4, 0.5) is 0 Å². The number of ether oxygens (including phenoxy) is 1. The maximum absolute atomic E-state index is 12.0. The molecule has 27 heavy (non-hydrogen) atoms. The van der Waals surface area contributed by atoms with Crippen LogP contribution in [-0.4, -0.2) is 27.7 Å². The molecule has 6 heteroatoms. The second kappa shape index (κ2) is 8.49. The van der Waals surface area contributed by atoms with E-state index in [1.54, 1.807) is 24.3 Å².